The van der Waals surface area contributed by atoms with E-state index >= 15 is 0 Å². The molecule has 136 valence electrons. The van der Waals surface area contributed by atoms with E-state index in [1.807, 2.05) is 36.4 Å². The number of rotatable bonds is 4. The summed E-state index contributed by atoms with van der Waals surface area (Å²) in [4.78, 5) is 23.5. The summed E-state index contributed by atoms with van der Waals surface area (Å²) in [6.07, 6.45) is -0.676. The molecule has 0 spiro atoms. The molecule has 1 amide bonds. The van der Waals surface area contributed by atoms with Crippen LogP contribution >= 0.6 is 27.3 Å². The smallest absolute Gasteiger partial charge is 0.411 e. The first kappa shape index (κ1) is 17.8. The van der Waals surface area contributed by atoms with Crippen LogP contribution in [0.3, 0.4) is 0 Å². The molecular weight excluding hydrogens is 430 g/mol. The van der Waals surface area contributed by atoms with Crippen molar-refractivity contribution in [3.63, 3.8) is 0 Å². The average Bonchev–Trinajstić information content (AvgIpc) is 3.18. The maximum atomic E-state index is 12.2. The second-order valence-electron chi connectivity index (χ2n) is 6.05. The van der Waals surface area contributed by atoms with Gasteiger partial charge in [0.2, 0.25) is 0 Å². The fraction of sp³-hybridized carbons (Fsp3) is 0.100. The third kappa shape index (κ3) is 3.36. The van der Waals surface area contributed by atoms with Crippen molar-refractivity contribution in [1.82, 2.24) is 0 Å². The Labute approximate surface area is 167 Å². The highest BCUT2D eigenvalue weighted by Gasteiger charge is 2.29. The van der Waals surface area contributed by atoms with Gasteiger partial charge in [0, 0.05) is 5.92 Å². The van der Waals surface area contributed by atoms with E-state index in [-0.39, 0.29) is 23.1 Å². The standard InChI is InChI=1S/C20H14BrNO4S/c21-17-9-16(18(27-17)19(23)24)22-20(25)26-10-15-13-7-3-1-5-11(13)12-6-2-4-8-14(12)15/h1-9,15H,10H2,(H,22,25)(H,23,24). The van der Waals surface area contributed by atoms with E-state index in [9.17, 15) is 14.7 Å². The Morgan fingerprint density at radius 2 is 1.67 bits per heavy atom. The number of hydrogen-bond donors (Lipinski definition) is 2. The quantitative estimate of drug-likeness (QED) is 0.552. The van der Waals surface area contributed by atoms with Crippen molar-refractivity contribution in [2.75, 3.05) is 11.9 Å². The van der Waals surface area contributed by atoms with Gasteiger partial charge in [-0.05, 0) is 44.3 Å². The Kier molecular flexibility index (Phi) is 4.72. The summed E-state index contributed by atoms with van der Waals surface area (Å²) in [6.45, 7) is 0.174. The molecule has 27 heavy (non-hydrogen) atoms. The third-order valence-corrected chi connectivity index (χ3v) is 6.10. The number of anilines is 1. The molecule has 2 aromatic carbocycles. The molecule has 4 rings (SSSR count). The summed E-state index contributed by atoms with van der Waals surface area (Å²) in [5.41, 5.74) is 4.76. The van der Waals surface area contributed by atoms with Crippen molar-refractivity contribution in [1.29, 1.82) is 0 Å². The number of benzene rings is 2. The minimum Gasteiger partial charge on any atom is -0.477 e. The van der Waals surface area contributed by atoms with Crippen LogP contribution in [0.5, 0.6) is 0 Å². The number of fused-ring (bicyclic) bond motifs is 3. The number of carbonyl (C=O) groups excluding carboxylic acids is 1. The number of halogens is 1. The molecule has 0 aliphatic heterocycles. The summed E-state index contributed by atoms with van der Waals surface area (Å²) in [5.74, 6) is -1.14. The largest absolute Gasteiger partial charge is 0.477 e. The third-order valence-electron chi connectivity index (χ3n) is 4.48. The number of carboxylic acids is 1. The summed E-state index contributed by atoms with van der Waals surface area (Å²) in [5, 5.41) is 11.7. The second kappa shape index (κ2) is 7.17. The van der Waals surface area contributed by atoms with E-state index in [0.717, 1.165) is 33.6 Å². The first-order chi connectivity index (χ1) is 13.0. The van der Waals surface area contributed by atoms with Gasteiger partial charge in [0.05, 0.1) is 9.47 Å². The minimum atomic E-state index is -1.10. The van der Waals surface area contributed by atoms with Gasteiger partial charge in [0.25, 0.3) is 0 Å². The van der Waals surface area contributed by atoms with Crippen molar-refractivity contribution >= 4 is 45.0 Å². The zero-order valence-corrected chi connectivity index (χ0v) is 16.3. The zero-order chi connectivity index (χ0) is 19.0. The normalized spacial score (nSPS) is 12.3. The van der Waals surface area contributed by atoms with Crippen molar-refractivity contribution in [3.8, 4) is 11.1 Å². The van der Waals surface area contributed by atoms with Crippen LogP contribution in [0.4, 0.5) is 10.5 Å². The zero-order valence-electron chi connectivity index (χ0n) is 13.9. The van der Waals surface area contributed by atoms with Gasteiger partial charge in [-0.3, -0.25) is 5.32 Å². The van der Waals surface area contributed by atoms with Gasteiger partial charge in [0.1, 0.15) is 11.5 Å². The highest BCUT2D eigenvalue weighted by molar-refractivity contribution is 9.11. The van der Waals surface area contributed by atoms with Gasteiger partial charge in [-0.25, -0.2) is 9.59 Å². The molecule has 1 heterocycles. The fourth-order valence-electron chi connectivity index (χ4n) is 3.36. The molecule has 0 radical (unpaired) electrons. The fourth-order valence-corrected chi connectivity index (χ4v) is 4.75. The molecule has 0 bridgehead atoms. The summed E-state index contributed by atoms with van der Waals surface area (Å²) < 4.78 is 6.05. The molecule has 1 aliphatic rings. The maximum Gasteiger partial charge on any atom is 0.411 e. The van der Waals surface area contributed by atoms with Crippen LogP contribution in [-0.4, -0.2) is 23.8 Å². The van der Waals surface area contributed by atoms with Crippen LogP contribution in [0.2, 0.25) is 0 Å². The number of carbonyl (C=O) groups is 2. The monoisotopic (exact) mass is 443 g/mol. The molecular formula is C20H14BrNO4S. The first-order valence-corrected chi connectivity index (χ1v) is 9.80. The van der Waals surface area contributed by atoms with Crippen LogP contribution in [0.25, 0.3) is 11.1 Å². The molecule has 5 nitrogen and oxygen atoms in total. The van der Waals surface area contributed by atoms with Gasteiger partial charge in [0.15, 0.2) is 0 Å². The van der Waals surface area contributed by atoms with Gasteiger partial charge in [-0.2, -0.15) is 0 Å². The van der Waals surface area contributed by atoms with Gasteiger partial charge >= 0.3 is 12.1 Å². The van der Waals surface area contributed by atoms with E-state index < -0.39 is 12.1 Å². The first-order valence-electron chi connectivity index (χ1n) is 8.19. The molecule has 0 atom stereocenters. The molecule has 0 saturated heterocycles. The highest BCUT2D eigenvalue weighted by atomic mass is 79.9. The minimum absolute atomic E-state index is 0.0451. The van der Waals surface area contributed by atoms with Crippen molar-refractivity contribution < 1.29 is 19.4 Å². The summed E-state index contributed by atoms with van der Waals surface area (Å²) in [7, 11) is 0. The lowest BCUT2D eigenvalue weighted by atomic mass is 9.98. The predicted molar refractivity (Wildman–Crippen MR) is 108 cm³/mol. The lowest BCUT2D eigenvalue weighted by Gasteiger charge is -2.14. The lowest BCUT2D eigenvalue weighted by Crippen LogP contribution is -2.18. The Bertz CT molecular complexity index is 1000. The summed E-state index contributed by atoms with van der Waals surface area (Å²) in [6, 6.07) is 17.7. The van der Waals surface area contributed by atoms with Gasteiger partial charge < -0.3 is 9.84 Å². The number of ether oxygens (including phenoxy) is 1. The van der Waals surface area contributed by atoms with Crippen LogP contribution in [0.1, 0.15) is 26.7 Å². The number of hydrogen-bond acceptors (Lipinski definition) is 4. The molecule has 1 aromatic heterocycles. The Morgan fingerprint density at radius 3 is 2.26 bits per heavy atom. The van der Waals surface area contributed by atoms with Crippen molar-refractivity contribution in [2.24, 2.45) is 0 Å². The van der Waals surface area contributed by atoms with Crippen molar-refractivity contribution in [2.45, 2.75) is 5.92 Å². The summed E-state index contributed by atoms with van der Waals surface area (Å²) >= 11 is 4.27. The lowest BCUT2D eigenvalue weighted by molar-refractivity contribution is 0.0703. The van der Waals surface area contributed by atoms with E-state index in [2.05, 4.69) is 33.4 Å². The van der Waals surface area contributed by atoms with Crippen molar-refractivity contribution in [3.05, 3.63) is 74.4 Å². The van der Waals surface area contributed by atoms with E-state index in [1.54, 1.807) is 6.07 Å². The van der Waals surface area contributed by atoms with Gasteiger partial charge in [-0.1, -0.05) is 48.5 Å². The Morgan fingerprint density at radius 1 is 1.07 bits per heavy atom. The molecule has 3 aromatic rings. The van der Waals surface area contributed by atoms with Crippen LogP contribution in [-0.2, 0) is 4.74 Å². The molecule has 7 heteroatoms. The van der Waals surface area contributed by atoms with Gasteiger partial charge in [-0.15, -0.1) is 11.3 Å². The van der Waals surface area contributed by atoms with E-state index in [4.69, 9.17) is 4.74 Å². The predicted octanol–water partition coefficient (Wildman–Crippen LogP) is 5.57. The number of amides is 1. The number of aromatic carboxylic acids is 1. The Balaban J connectivity index is 1.51. The molecule has 1 aliphatic carbocycles. The SMILES string of the molecule is O=C(Nc1cc(Br)sc1C(=O)O)OCC1c2ccccc2-c2ccccc21. The van der Waals surface area contributed by atoms with E-state index in [1.165, 1.54) is 0 Å². The Hall–Kier alpha value is -2.64. The number of nitrogens with one attached hydrogen (secondary N) is 1. The van der Waals surface area contributed by atoms with Crippen LogP contribution in [0, 0.1) is 0 Å². The molecule has 0 unspecified atom stereocenters. The highest BCUT2D eigenvalue weighted by Crippen LogP contribution is 2.44. The van der Waals surface area contributed by atoms with Crippen LogP contribution in [0.15, 0.2) is 58.4 Å². The number of thiophene rings is 1. The topological polar surface area (TPSA) is 75.6 Å². The maximum absolute atomic E-state index is 12.2. The van der Waals surface area contributed by atoms with E-state index in [0.29, 0.717) is 3.79 Å². The number of carboxylic acid groups (broad SMARTS) is 1. The molecule has 0 saturated carbocycles. The molecule has 2 N–H and O–H groups in total. The second-order valence-corrected chi connectivity index (χ2v) is 8.48. The molecule has 0 fully saturated rings. The average molecular weight is 444 g/mol. The van der Waals surface area contributed by atoms with Crippen LogP contribution < -0.4 is 5.32 Å².